The van der Waals surface area contributed by atoms with Gasteiger partial charge in [-0.05, 0) is 48.6 Å². The highest BCUT2D eigenvalue weighted by atomic mass is 16.2. The molecule has 0 aromatic heterocycles. The van der Waals surface area contributed by atoms with Crippen LogP contribution in [0.25, 0.3) is 10.8 Å². The molecule has 2 amide bonds. The molecule has 2 aromatic carbocycles. The molecule has 122 valence electrons. The highest BCUT2D eigenvalue weighted by Gasteiger charge is 2.40. The number of carbonyl (C=O) groups is 2. The zero-order valence-electron chi connectivity index (χ0n) is 13.5. The van der Waals surface area contributed by atoms with Gasteiger partial charge in [0.1, 0.15) is 6.54 Å². The number of benzene rings is 2. The fourth-order valence-electron chi connectivity index (χ4n) is 4.95. The van der Waals surface area contributed by atoms with E-state index in [1.807, 2.05) is 36.4 Å². The zero-order valence-corrected chi connectivity index (χ0v) is 13.5. The minimum Gasteiger partial charge on any atom is -0.352 e. The first-order valence-electron chi connectivity index (χ1n) is 8.83. The number of amides is 2. The summed E-state index contributed by atoms with van der Waals surface area (Å²) in [5, 5.41) is 5.20. The van der Waals surface area contributed by atoms with Crippen LogP contribution in [0, 0.1) is 11.8 Å². The van der Waals surface area contributed by atoms with Crippen molar-refractivity contribution in [2.45, 2.75) is 31.7 Å². The summed E-state index contributed by atoms with van der Waals surface area (Å²) in [7, 11) is 0. The average Bonchev–Trinajstić information content (AvgIpc) is 3.26. The Labute approximate surface area is 140 Å². The van der Waals surface area contributed by atoms with Crippen LogP contribution in [0.1, 0.15) is 36.0 Å². The minimum absolute atomic E-state index is 0.0364. The van der Waals surface area contributed by atoms with Crippen LogP contribution in [-0.4, -0.2) is 24.4 Å². The lowest BCUT2D eigenvalue weighted by atomic mass is 9.95. The summed E-state index contributed by atoms with van der Waals surface area (Å²) in [4.78, 5) is 26.9. The van der Waals surface area contributed by atoms with Gasteiger partial charge in [-0.1, -0.05) is 30.7 Å². The molecule has 5 rings (SSSR count). The number of fused-ring (bicyclic) bond motifs is 2. The summed E-state index contributed by atoms with van der Waals surface area (Å²) in [5.41, 5.74) is 1.56. The quantitative estimate of drug-likeness (QED) is 0.945. The van der Waals surface area contributed by atoms with Gasteiger partial charge in [-0.15, -0.1) is 0 Å². The topological polar surface area (TPSA) is 49.4 Å². The van der Waals surface area contributed by atoms with Gasteiger partial charge in [0, 0.05) is 17.0 Å². The van der Waals surface area contributed by atoms with Crippen molar-refractivity contribution >= 4 is 28.3 Å². The van der Waals surface area contributed by atoms with Crippen LogP contribution < -0.4 is 10.2 Å². The van der Waals surface area contributed by atoms with Crippen LogP contribution in [0.4, 0.5) is 5.69 Å². The first-order valence-corrected chi connectivity index (χ1v) is 8.83. The number of rotatable bonds is 3. The van der Waals surface area contributed by atoms with E-state index < -0.39 is 0 Å². The molecule has 1 heterocycles. The van der Waals surface area contributed by atoms with Gasteiger partial charge in [-0.3, -0.25) is 14.5 Å². The number of hydrogen-bond acceptors (Lipinski definition) is 2. The Morgan fingerprint density at radius 3 is 2.71 bits per heavy atom. The summed E-state index contributed by atoms with van der Waals surface area (Å²) < 4.78 is 0. The standard InChI is InChI=1S/C20H20N2O2/c23-18(21-16-10-12-7-8-14(16)9-12)11-22-17-6-2-4-13-3-1-5-15(19(13)17)20(22)24/h1-6,12,14,16H,7-11H2,(H,21,23)/t12-,14+,16+/m1/s1. The lowest BCUT2D eigenvalue weighted by Gasteiger charge is -2.24. The van der Waals surface area contributed by atoms with Crippen molar-refractivity contribution in [3.05, 3.63) is 42.0 Å². The van der Waals surface area contributed by atoms with Crippen molar-refractivity contribution in [3.8, 4) is 0 Å². The van der Waals surface area contributed by atoms with Crippen LogP contribution in [0.5, 0.6) is 0 Å². The summed E-state index contributed by atoms with van der Waals surface area (Å²) in [6.45, 7) is 0.112. The first-order chi connectivity index (χ1) is 11.7. The monoisotopic (exact) mass is 320 g/mol. The molecule has 1 N–H and O–H groups in total. The van der Waals surface area contributed by atoms with E-state index >= 15 is 0 Å². The SMILES string of the molecule is O=C(CN1C(=O)c2cccc3cccc1c23)N[C@H]1C[C@@H]2CC[C@H]1C2. The fraction of sp³-hybridized carbons (Fsp3) is 0.400. The second-order valence-electron chi connectivity index (χ2n) is 7.42. The molecule has 3 atom stereocenters. The molecular weight excluding hydrogens is 300 g/mol. The Morgan fingerprint density at radius 1 is 1.12 bits per heavy atom. The normalized spacial score (nSPS) is 27.2. The molecule has 1 aliphatic heterocycles. The maximum atomic E-state index is 12.7. The lowest BCUT2D eigenvalue weighted by Crippen LogP contribution is -2.45. The van der Waals surface area contributed by atoms with Crippen molar-refractivity contribution < 1.29 is 9.59 Å². The Hall–Kier alpha value is -2.36. The molecule has 24 heavy (non-hydrogen) atoms. The van der Waals surface area contributed by atoms with Crippen LogP contribution in [0.3, 0.4) is 0 Å². The van der Waals surface area contributed by atoms with Gasteiger partial charge in [-0.25, -0.2) is 0 Å². The molecule has 0 radical (unpaired) electrons. The summed E-state index contributed by atoms with van der Waals surface area (Å²) in [6, 6.07) is 12.0. The summed E-state index contributed by atoms with van der Waals surface area (Å²) in [5.74, 6) is 1.34. The third kappa shape index (κ3) is 1.98. The largest absolute Gasteiger partial charge is 0.352 e. The molecule has 3 aliphatic rings. The minimum atomic E-state index is -0.0649. The molecule has 0 saturated heterocycles. The fourth-order valence-corrected chi connectivity index (χ4v) is 4.95. The molecule has 2 fully saturated rings. The van der Waals surface area contributed by atoms with Gasteiger partial charge < -0.3 is 5.32 Å². The Balaban J connectivity index is 1.37. The van der Waals surface area contributed by atoms with Gasteiger partial charge in [0.25, 0.3) is 5.91 Å². The van der Waals surface area contributed by atoms with Gasteiger partial charge >= 0.3 is 0 Å². The van der Waals surface area contributed by atoms with Crippen LogP contribution in [-0.2, 0) is 4.79 Å². The molecular formula is C20H20N2O2. The average molecular weight is 320 g/mol. The first kappa shape index (κ1) is 14.0. The molecule has 2 bridgehead atoms. The predicted molar refractivity (Wildman–Crippen MR) is 93.0 cm³/mol. The summed E-state index contributed by atoms with van der Waals surface area (Å²) >= 11 is 0. The maximum Gasteiger partial charge on any atom is 0.259 e. The van der Waals surface area contributed by atoms with Crippen molar-refractivity contribution in [2.75, 3.05) is 11.4 Å². The van der Waals surface area contributed by atoms with E-state index in [1.54, 1.807) is 4.90 Å². The van der Waals surface area contributed by atoms with E-state index in [0.29, 0.717) is 17.5 Å². The van der Waals surface area contributed by atoms with Gasteiger partial charge in [0.15, 0.2) is 0 Å². The smallest absolute Gasteiger partial charge is 0.259 e. The van der Waals surface area contributed by atoms with Crippen molar-refractivity contribution in [1.82, 2.24) is 5.32 Å². The molecule has 0 spiro atoms. The molecule has 0 unspecified atom stereocenters. The molecule has 4 heteroatoms. The molecule has 4 nitrogen and oxygen atoms in total. The summed E-state index contributed by atoms with van der Waals surface area (Å²) in [6.07, 6.45) is 4.93. The Morgan fingerprint density at radius 2 is 1.96 bits per heavy atom. The van der Waals surface area contributed by atoms with Crippen LogP contribution in [0.15, 0.2) is 36.4 Å². The lowest BCUT2D eigenvalue weighted by molar-refractivity contribution is -0.120. The van der Waals surface area contributed by atoms with E-state index in [4.69, 9.17) is 0 Å². The third-order valence-corrected chi connectivity index (χ3v) is 6.04. The van der Waals surface area contributed by atoms with E-state index in [9.17, 15) is 9.59 Å². The molecule has 2 saturated carbocycles. The van der Waals surface area contributed by atoms with Gasteiger partial charge in [0.05, 0.1) is 5.69 Å². The second kappa shape index (κ2) is 5.07. The van der Waals surface area contributed by atoms with Crippen molar-refractivity contribution in [2.24, 2.45) is 11.8 Å². The highest BCUT2D eigenvalue weighted by molar-refractivity contribution is 6.26. The van der Waals surface area contributed by atoms with E-state index in [2.05, 4.69) is 5.32 Å². The van der Waals surface area contributed by atoms with Gasteiger partial charge in [0.2, 0.25) is 5.91 Å². The zero-order chi connectivity index (χ0) is 16.3. The van der Waals surface area contributed by atoms with Crippen LogP contribution >= 0.6 is 0 Å². The van der Waals surface area contributed by atoms with E-state index in [-0.39, 0.29) is 18.4 Å². The predicted octanol–water partition coefficient (Wildman–Crippen LogP) is 3.10. The molecule has 2 aromatic rings. The Kier molecular flexibility index (Phi) is 2.96. The van der Waals surface area contributed by atoms with E-state index in [1.165, 1.54) is 19.3 Å². The van der Waals surface area contributed by atoms with Crippen LogP contribution in [0.2, 0.25) is 0 Å². The maximum absolute atomic E-state index is 12.7. The second-order valence-corrected chi connectivity index (χ2v) is 7.42. The van der Waals surface area contributed by atoms with E-state index in [0.717, 1.165) is 28.8 Å². The Bertz CT molecular complexity index is 855. The number of hydrogen-bond donors (Lipinski definition) is 1. The van der Waals surface area contributed by atoms with Gasteiger partial charge in [-0.2, -0.15) is 0 Å². The van der Waals surface area contributed by atoms with Crippen molar-refractivity contribution in [1.29, 1.82) is 0 Å². The number of nitrogens with one attached hydrogen (secondary N) is 1. The van der Waals surface area contributed by atoms with Crippen molar-refractivity contribution in [3.63, 3.8) is 0 Å². The number of carbonyl (C=O) groups excluding carboxylic acids is 2. The third-order valence-electron chi connectivity index (χ3n) is 6.04. The highest BCUT2D eigenvalue weighted by Crippen LogP contribution is 2.44. The molecule has 2 aliphatic carbocycles. The number of anilines is 1. The number of nitrogens with zero attached hydrogens (tertiary/aromatic N) is 1.